The largest absolute Gasteiger partial charge is 0.491 e. The molecule has 90 valence electrons. The van der Waals surface area contributed by atoms with Gasteiger partial charge in [-0.25, -0.2) is 0 Å². The van der Waals surface area contributed by atoms with Crippen LogP contribution in [0.5, 0.6) is 5.75 Å². The molecule has 0 fully saturated rings. The highest BCUT2D eigenvalue weighted by molar-refractivity contribution is 6.21. The van der Waals surface area contributed by atoms with Crippen LogP contribution in [0.25, 0.3) is 0 Å². The van der Waals surface area contributed by atoms with Crippen LogP contribution in [-0.4, -0.2) is 31.6 Å². The number of alkyl halides is 1. The molecule has 0 saturated heterocycles. The van der Waals surface area contributed by atoms with Gasteiger partial charge in [-0.3, -0.25) is 0 Å². The predicted octanol–water partition coefficient (Wildman–Crippen LogP) is 3.32. The summed E-state index contributed by atoms with van der Waals surface area (Å²) in [4.78, 5) is 2.08. The van der Waals surface area contributed by atoms with Crippen molar-refractivity contribution in [1.29, 1.82) is 0 Å². The number of hydrogen-bond acceptors (Lipinski definition) is 2. The van der Waals surface area contributed by atoms with Gasteiger partial charge >= 0.3 is 0 Å². The molecule has 0 radical (unpaired) electrons. The highest BCUT2D eigenvalue weighted by Crippen LogP contribution is 2.23. The number of benzene rings is 1. The summed E-state index contributed by atoms with van der Waals surface area (Å²) in [5, 5.41) is 0.0306. The van der Waals surface area contributed by atoms with Crippen LogP contribution in [-0.2, 0) is 0 Å². The molecule has 2 nitrogen and oxygen atoms in total. The van der Waals surface area contributed by atoms with Gasteiger partial charge < -0.3 is 9.64 Å². The maximum Gasteiger partial charge on any atom is 0.119 e. The maximum atomic E-state index is 6.28. The first-order chi connectivity index (χ1) is 7.49. The van der Waals surface area contributed by atoms with Gasteiger partial charge in [0, 0.05) is 6.54 Å². The second-order valence-electron chi connectivity index (χ2n) is 4.47. The molecule has 0 amide bonds. The van der Waals surface area contributed by atoms with Crippen molar-refractivity contribution in [3.8, 4) is 5.75 Å². The standard InChI is InChI=1S/C13H20ClNO/c1-10(2)16-12-7-5-11(6-8-12)13(14)9-15(3)4/h5-8,10,13H,9H2,1-4H3. The van der Waals surface area contributed by atoms with Crippen LogP contribution in [0.3, 0.4) is 0 Å². The Morgan fingerprint density at radius 1 is 1.19 bits per heavy atom. The molecule has 1 aromatic carbocycles. The molecule has 0 bridgehead atoms. The molecule has 0 N–H and O–H groups in total. The average molecular weight is 242 g/mol. The molecular weight excluding hydrogens is 222 g/mol. The SMILES string of the molecule is CC(C)Oc1ccc(C(Cl)CN(C)C)cc1. The van der Waals surface area contributed by atoms with E-state index in [1.807, 2.05) is 52.2 Å². The van der Waals surface area contributed by atoms with Crippen molar-refractivity contribution in [3.63, 3.8) is 0 Å². The van der Waals surface area contributed by atoms with E-state index in [0.717, 1.165) is 17.9 Å². The molecule has 0 aliphatic heterocycles. The van der Waals surface area contributed by atoms with Crippen LogP contribution < -0.4 is 4.74 Å². The number of halogens is 1. The summed E-state index contributed by atoms with van der Waals surface area (Å²) in [5.41, 5.74) is 1.13. The van der Waals surface area contributed by atoms with E-state index in [-0.39, 0.29) is 11.5 Å². The first-order valence-corrected chi connectivity index (χ1v) is 5.98. The van der Waals surface area contributed by atoms with Crippen LogP contribution in [0.4, 0.5) is 0 Å². The Labute approximate surface area is 103 Å². The third-order valence-electron chi connectivity index (χ3n) is 2.14. The summed E-state index contributed by atoms with van der Waals surface area (Å²) in [6, 6.07) is 8.00. The molecule has 0 aliphatic rings. The van der Waals surface area contributed by atoms with Gasteiger partial charge in [-0.2, -0.15) is 0 Å². The lowest BCUT2D eigenvalue weighted by molar-refractivity contribution is 0.242. The number of nitrogens with zero attached hydrogens (tertiary/aromatic N) is 1. The predicted molar refractivity (Wildman–Crippen MR) is 69.4 cm³/mol. The fourth-order valence-electron chi connectivity index (χ4n) is 1.45. The van der Waals surface area contributed by atoms with E-state index in [9.17, 15) is 0 Å². The first-order valence-electron chi connectivity index (χ1n) is 5.54. The minimum absolute atomic E-state index is 0.0306. The van der Waals surface area contributed by atoms with Gasteiger partial charge in [-0.1, -0.05) is 12.1 Å². The third kappa shape index (κ3) is 4.42. The molecular formula is C13H20ClNO. The van der Waals surface area contributed by atoms with E-state index in [0.29, 0.717) is 0 Å². The molecule has 0 aromatic heterocycles. The highest BCUT2D eigenvalue weighted by atomic mass is 35.5. The van der Waals surface area contributed by atoms with Crippen LogP contribution in [0.2, 0.25) is 0 Å². The second kappa shape index (κ2) is 6.12. The Hall–Kier alpha value is -0.730. The molecule has 0 aliphatic carbocycles. The molecule has 1 unspecified atom stereocenters. The Bertz CT molecular complexity index is 308. The van der Waals surface area contributed by atoms with E-state index in [1.165, 1.54) is 0 Å². The number of likely N-dealkylation sites (N-methyl/N-ethyl adjacent to an activating group) is 1. The van der Waals surface area contributed by atoms with Crippen molar-refractivity contribution in [2.24, 2.45) is 0 Å². The van der Waals surface area contributed by atoms with E-state index in [4.69, 9.17) is 16.3 Å². The smallest absolute Gasteiger partial charge is 0.119 e. The minimum Gasteiger partial charge on any atom is -0.491 e. The number of ether oxygens (including phenoxy) is 1. The zero-order valence-corrected chi connectivity index (χ0v) is 11.2. The molecule has 3 heteroatoms. The fraction of sp³-hybridized carbons (Fsp3) is 0.538. The zero-order valence-electron chi connectivity index (χ0n) is 10.4. The van der Waals surface area contributed by atoms with Crippen LogP contribution in [0.1, 0.15) is 24.8 Å². The van der Waals surface area contributed by atoms with Crippen molar-refractivity contribution in [2.75, 3.05) is 20.6 Å². The van der Waals surface area contributed by atoms with Gasteiger partial charge in [-0.05, 0) is 45.6 Å². The average Bonchev–Trinajstić information content (AvgIpc) is 2.16. The fourth-order valence-corrected chi connectivity index (χ4v) is 1.87. The van der Waals surface area contributed by atoms with E-state index in [1.54, 1.807) is 0 Å². The topological polar surface area (TPSA) is 12.5 Å². The molecule has 16 heavy (non-hydrogen) atoms. The molecule has 1 atom stereocenters. The molecule has 1 aromatic rings. The van der Waals surface area contributed by atoms with E-state index < -0.39 is 0 Å². The zero-order chi connectivity index (χ0) is 12.1. The van der Waals surface area contributed by atoms with Gasteiger partial charge in [0.2, 0.25) is 0 Å². The summed E-state index contributed by atoms with van der Waals surface area (Å²) < 4.78 is 5.58. The lowest BCUT2D eigenvalue weighted by Gasteiger charge is -2.16. The van der Waals surface area contributed by atoms with Crippen LogP contribution in [0, 0.1) is 0 Å². The Morgan fingerprint density at radius 2 is 1.75 bits per heavy atom. The third-order valence-corrected chi connectivity index (χ3v) is 2.53. The van der Waals surface area contributed by atoms with Gasteiger partial charge in [0.25, 0.3) is 0 Å². The first kappa shape index (κ1) is 13.3. The molecule has 0 spiro atoms. The van der Waals surface area contributed by atoms with Gasteiger partial charge in [-0.15, -0.1) is 11.6 Å². The van der Waals surface area contributed by atoms with Crippen LogP contribution in [0.15, 0.2) is 24.3 Å². The van der Waals surface area contributed by atoms with Crippen molar-refractivity contribution < 1.29 is 4.74 Å². The normalized spacial score (nSPS) is 13.2. The lowest BCUT2D eigenvalue weighted by atomic mass is 10.1. The minimum atomic E-state index is 0.0306. The molecule has 0 saturated carbocycles. The number of hydrogen-bond donors (Lipinski definition) is 0. The van der Waals surface area contributed by atoms with Crippen LogP contribution >= 0.6 is 11.6 Å². The second-order valence-corrected chi connectivity index (χ2v) is 4.99. The quantitative estimate of drug-likeness (QED) is 0.734. The van der Waals surface area contributed by atoms with E-state index in [2.05, 4.69) is 4.90 Å². The van der Waals surface area contributed by atoms with Crippen molar-refractivity contribution >= 4 is 11.6 Å². The summed E-state index contributed by atoms with van der Waals surface area (Å²) in [7, 11) is 4.04. The van der Waals surface area contributed by atoms with Crippen molar-refractivity contribution in [3.05, 3.63) is 29.8 Å². The van der Waals surface area contributed by atoms with Gasteiger partial charge in [0.05, 0.1) is 11.5 Å². The Kier molecular flexibility index (Phi) is 5.10. The summed E-state index contributed by atoms with van der Waals surface area (Å²) in [6.45, 7) is 4.88. The molecule has 0 heterocycles. The summed E-state index contributed by atoms with van der Waals surface area (Å²) >= 11 is 6.28. The van der Waals surface area contributed by atoms with Gasteiger partial charge in [0.1, 0.15) is 5.75 Å². The highest BCUT2D eigenvalue weighted by Gasteiger charge is 2.09. The summed E-state index contributed by atoms with van der Waals surface area (Å²) in [6.07, 6.45) is 0.208. The Morgan fingerprint density at radius 3 is 2.19 bits per heavy atom. The molecule has 1 rings (SSSR count). The van der Waals surface area contributed by atoms with Crippen molar-refractivity contribution in [1.82, 2.24) is 4.90 Å². The number of rotatable bonds is 5. The maximum absolute atomic E-state index is 6.28. The van der Waals surface area contributed by atoms with Crippen molar-refractivity contribution in [2.45, 2.75) is 25.3 Å². The monoisotopic (exact) mass is 241 g/mol. The van der Waals surface area contributed by atoms with E-state index >= 15 is 0 Å². The lowest BCUT2D eigenvalue weighted by Crippen LogP contribution is -2.17. The Balaban J connectivity index is 2.63. The summed E-state index contributed by atoms with van der Waals surface area (Å²) in [5.74, 6) is 0.896. The van der Waals surface area contributed by atoms with Gasteiger partial charge in [0.15, 0.2) is 0 Å².